The van der Waals surface area contributed by atoms with Gasteiger partial charge in [-0.15, -0.1) is 0 Å². The van der Waals surface area contributed by atoms with Gasteiger partial charge in [0, 0.05) is 37.9 Å². The minimum Gasteiger partial charge on any atom is -0.497 e. The number of hydrogen-bond acceptors (Lipinski definition) is 5. The molecule has 3 fully saturated rings. The average molecular weight is 441 g/mol. The summed E-state index contributed by atoms with van der Waals surface area (Å²) in [5.41, 5.74) is -0.585. The lowest BCUT2D eigenvalue weighted by molar-refractivity contribution is -0.145. The summed E-state index contributed by atoms with van der Waals surface area (Å²) in [6.45, 7) is 2.52. The Hall–Kier alpha value is -2.70. The number of Topliss-reactive ketones (excluding diaryl/α,β-unsaturated/α-hetero) is 1. The second-order valence-electron chi connectivity index (χ2n) is 9.46. The number of benzene rings is 1. The average Bonchev–Trinajstić information content (AvgIpc) is 3.40. The first-order valence-corrected chi connectivity index (χ1v) is 11.6. The van der Waals surface area contributed by atoms with Crippen LogP contribution >= 0.6 is 0 Å². The van der Waals surface area contributed by atoms with Crippen LogP contribution < -0.4 is 4.74 Å². The first-order valence-electron chi connectivity index (χ1n) is 11.6. The van der Waals surface area contributed by atoms with Crippen molar-refractivity contribution < 1.29 is 23.9 Å². The number of rotatable bonds is 6. The number of methoxy groups -OCH3 is 1. The van der Waals surface area contributed by atoms with E-state index in [0.29, 0.717) is 24.4 Å². The molecule has 3 aliphatic rings. The fourth-order valence-electron chi connectivity index (χ4n) is 5.59. The van der Waals surface area contributed by atoms with Crippen molar-refractivity contribution in [1.29, 1.82) is 0 Å². The summed E-state index contributed by atoms with van der Waals surface area (Å²) in [4.78, 5) is 55.4. The summed E-state index contributed by atoms with van der Waals surface area (Å²) in [7, 11) is 1.55. The zero-order valence-corrected chi connectivity index (χ0v) is 19.0. The summed E-state index contributed by atoms with van der Waals surface area (Å²) in [5.74, 6) is -0.119. The van der Waals surface area contributed by atoms with E-state index < -0.39 is 5.41 Å². The molecule has 2 aliphatic heterocycles. The third-order valence-electron chi connectivity index (χ3n) is 7.46. The zero-order chi connectivity index (χ0) is 22.9. The molecule has 0 spiro atoms. The van der Waals surface area contributed by atoms with Gasteiger partial charge in [-0.25, -0.2) is 0 Å². The van der Waals surface area contributed by atoms with Crippen LogP contribution in [0.3, 0.4) is 0 Å². The number of ketones is 1. The number of carbonyl (C=O) groups excluding carboxylic acids is 4. The lowest BCUT2D eigenvalue weighted by Gasteiger charge is -2.35. The van der Waals surface area contributed by atoms with E-state index in [-0.39, 0.29) is 48.3 Å². The molecule has 0 radical (unpaired) electrons. The monoisotopic (exact) mass is 440 g/mol. The van der Waals surface area contributed by atoms with E-state index in [2.05, 4.69) is 0 Å². The molecule has 0 aromatic heterocycles. The fraction of sp³-hybridized carbons (Fsp3) is 0.600. The number of imide groups is 1. The molecule has 7 nitrogen and oxygen atoms in total. The number of amides is 3. The molecule has 2 heterocycles. The Bertz CT molecular complexity index is 923. The van der Waals surface area contributed by atoms with Crippen LogP contribution in [0.25, 0.3) is 0 Å². The summed E-state index contributed by atoms with van der Waals surface area (Å²) < 4.78 is 5.37. The predicted octanol–water partition coefficient (Wildman–Crippen LogP) is 2.85. The molecule has 1 aliphatic carbocycles. The molecule has 7 heteroatoms. The van der Waals surface area contributed by atoms with Gasteiger partial charge in [-0.1, -0.05) is 25.0 Å². The van der Waals surface area contributed by atoms with Gasteiger partial charge in [0.25, 0.3) is 0 Å². The van der Waals surface area contributed by atoms with Crippen LogP contribution in [0.4, 0.5) is 0 Å². The number of ether oxygens (including phenoxy) is 1. The quantitative estimate of drug-likeness (QED) is 0.635. The molecule has 4 rings (SSSR count). The Labute approximate surface area is 189 Å². The second kappa shape index (κ2) is 9.04. The largest absolute Gasteiger partial charge is 0.497 e. The van der Waals surface area contributed by atoms with Crippen molar-refractivity contribution in [3.8, 4) is 5.75 Å². The van der Waals surface area contributed by atoms with Crippen molar-refractivity contribution in [2.45, 2.75) is 69.7 Å². The molecule has 1 saturated carbocycles. The number of likely N-dealkylation sites (tertiary alicyclic amines) is 2. The highest BCUT2D eigenvalue weighted by molar-refractivity contribution is 6.11. The van der Waals surface area contributed by atoms with Gasteiger partial charge in [0.2, 0.25) is 17.7 Å². The Balaban J connectivity index is 1.67. The molecular weight excluding hydrogens is 408 g/mol. The normalized spacial score (nSPS) is 26.6. The van der Waals surface area contributed by atoms with Crippen LogP contribution in [-0.2, 0) is 24.6 Å². The van der Waals surface area contributed by atoms with E-state index in [4.69, 9.17) is 4.74 Å². The summed E-state index contributed by atoms with van der Waals surface area (Å²) >= 11 is 0. The minimum absolute atomic E-state index is 0.00871. The highest BCUT2D eigenvalue weighted by Gasteiger charge is 2.56. The van der Waals surface area contributed by atoms with Crippen LogP contribution in [0, 0.1) is 5.92 Å². The smallest absolute Gasteiger partial charge is 0.241 e. The Morgan fingerprint density at radius 3 is 2.56 bits per heavy atom. The van der Waals surface area contributed by atoms with Crippen LogP contribution in [0.2, 0.25) is 0 Å². The van der Waals surface area contributed by atoms with Crippen molar-refractivity contribution in [2.75, 3.05) is 20.2 Å². The van der Waals surface area contributed by atoms with Gasteiger partial charge in [-0.2, -0.15) is 0 Å². The van der Waals surface area contributed by atoms with Crippen molar-refractivity contribution >= 4 is 23.5 Å². The zero-order valence-electron chi connectivity index (χ0n) is 19.0. The van der Waals surface area contributed by atoms with Crippen molar-refractivity contribution in [3.05, 3.63) is 29.8 Å². The number of hydrogen-bond donors (Lipinski definition) is 0. The summed E-state index contributed by atoms with van der Waals surface area (Å²) in [5, 5.41) is 0. The van der Waals surface area contributed by atoms with E-state index in [0.717, 1.165) is 38.5 Å². The second-order valence-corrected chi connectivity index (χ2v) is 9.46. The lowest BCUT2D eigenvalue weighted by atomic mass is 9.75. The molecule has 0 unspecified atom stereocenters. The molecule has 2 saturated heterocycles. The molecule has 172 valence electrons. The third-order valence-corrected chi connectivity index (χ3v) is 7.46. The van der Waals surface area contributed by atoms with E-state index in [1.54, 1.807) is 37.1 Å². The van der Waals surface area contributed by atoms with E-state index in [9.17, 15) is 19.2 Å². The van der Waals surface area contributed by atoms with Gasteiger partial charge in [-0.3, -0.25) is 24.1 Å². The SMILES string of the molecule is COc1cccc([C@@]2(CC(=O)N3CCC[C@@H](C(C)=O)C3)CC(=O)N(C3CCCC3)C2=O)c1. The van der Waals surface area contributed by atoms with Crippen molar-refractivity contribution in [2.24, 2.45) is 5.92 Å². The van der Waals surface area contributed by atoms with Gasteiger partial charge < -0.3 is 9.64 Å². The molecule has 0 N–H and O–H groups in total. The van der Waals surface area contributed by atoms with Gasteiger partial charge in [0.05, 0.1) is 12.5 Å². The predicted molar refractivity (Wildman–Crippen MR) is 118 cm³/mol. The maximum absolute atomic E-state index is 13.9. The van der Waals surface area contributed by atoms with Crippen LogP contribution in [0.5, 0.6) is 5.75 Å². The fourth-order valence-corrected chi connectivity index (χ4v) is 5.59. The van der Waals surface area contributed by atoms with E-state index in [1.807, 2.05) is 6.07 Å². The van der Waals surface area contributed by atoms with Crippen LogP contribution in [0.15, 0.2) is 24.3 Å². The number of piperidine rings is 1. The van der Waals surface area contributed by atoms with Crippen molar-refractivity contribution in [1.82, 2.24) is 9.80 Å². The van der Waals surface area contributed by atoms with E-state index >= 15 is 0 Å². The Morgan fingerprint density at radius 1 is 1.12 bits per heavy atom. The summed E-state index contributed by atoms with van der Waals surface area (Å²) in [6, 6.07) is 7.09. The molecule has 3 amide bonds. The topological polar surface area (TPSA) is 84.0 Å². The highest BCUT2D eigenvalue weighted by atomic mass is 16.5. The molecule has 1 aromatic carbocycles. The third kappa shape index (κ3) is 4.05. The minimum atomic E-state index is -1.23. The Morgan fingerprint density at radius 2 is 1.88 bits per heavy atom. The summed E-state index contributed by atoms with van der Waals surface area (Å²) in [6.07, 6.45) is 5.14. The van der Waals surface area contributed by atoms with Gasteiger partial charge in [-0.05, 0) is 50.3 Å². The van der Waals surface area contributed by atoms with Gasteiger partial charge in [0.15, 0.2) is 0 Å². The maximum atomic E-state index is 13.9. The molecular formula is C25H32N2O5. The maximum Gasteiger partial charge on any atom is 0.241 e. The van der Waals surface area contributed by atoms with Gasteiger partial charge in [0.1, 0.15) is 11.5 Å². The standard InChI is InChI=1S/C25H32N2O5/c1-17(28)18-7-6-12-26(16-18)22(29)14-25(19-8-5-11-21(13-19)32-2)15-23(30)27(24(25)31)20-9-3-4-10-20/h5,8,11,13,18,20H,3-4,6-7,9-10,12,14-16H2,1-2H3/t18-,25-/m1/s1. The lowest BCUT2D eigenvalue weighted by Crippen LogP contribution is -2.48. The highest BCUT2D eigenvalue weighted by Crippen LogP contribution is 2.44. The molecule has 0 bridgehead atoms. The Kier molecular flexibility index (Phi) is 6.35. The van der Waals surface area contributed by atoms with E-state index in [1.165, 1.54) is 4.90 Å². The molecule has 1 aromatic rings. The molecule has 2 atom stereocenters. The number of nitrogens with zero attached hydrogens (tertiary/aromatic N) is 2. The van der Waals surface area contributed by atoms with Gasteiger partial charge >= 0.3 is 0 Å². The number of carbonyl (C=O) groups is 4. The van der Waals surface area contributed by atoms with Crippen molar-refractivity contribution in [3.63, 3.8) is 0 Å². The first kappa shape index (κ1) is 22.5. The van der Waals surface area contributed by atoms with Crippen LogP contribution in [-0.4, -0.2) is 59.5 Å². The first-order chi connectivity index (χ1) is 15.4. The molecule has 32 heavy (non-hydrogen) atoms. The van der Waals surface area contributed by atoms with Crippen LogP contribution in [0.1, 0.15) is 63.9 Å².